The van der Waals surface area contributed by atoms with Crippen LogP contribution in [0.3, 0.4) is 0 Å². The van der Waals surface area contributed by atoms with Crippen LogP contribution >= 0.6 is 15.9 Å². The van der Waals surface area contributed by atoms with Crippen molar-refractivity contribution in [3.05, 3.63) is 46.4 Å². The van der Waals surface area contributed by atoms with Crippen molar-refractivity contribution in [3.63, 3.8) is 0 Å². The van der Waals surface area contributed by atoms with E-state index >= 15 is 0 Å². The summed E-state index contributed by atoms with van der Waals surface area (Å²) in [6, 6.07) is 9.18. The van der Waals surface area contributed by atoms with Gasteiger partial charge in [-0.3, -0.25) is 4.79 Å². The highest BCUT2D eigenvalue weighted by atomic mass is 79.9. The van der Waals surface area contributed by atoms with E-state index in [4.69, 9.17) is 5.73 Å². The molecule has 0 unspecified atom stereocenters. The number of phenols is 2. The standard InChI is InChI=1S/C13H11BrN2O3/c14-7-4-5-10(9(15)6-7)16-13(19)8-2-1-3-11(17)12(8)18/h1-6,17-18H,15H2,(H,16,19). The maximum absolute atomic E-state index is 12.0. The molecule has 0 saturated carbocycles. The molecule has 0 atom stereocenters. The van der Waals surface area contributed by atoms with Crippen molar-refractivity contribution in [1.29, 1.82) is 0 Å². The summed E-state index contributed by atoms with van der Waals surface area (Å²) in [5.41, 5.74) is 6.55. The van der Waals surface area contributed by atoms with Gasteiger partial charge in [0.25, 0.3) is 5.91 Å². The molecule has 0 spiro atoms. The van der Waals surface area contributed by atoms with Crippen LogP contribution in [0, 0.1) is 0 Å². The van der Waals surface area contributed by atoms with Crippen molar-refractivity contribution in [2.24, 2.45) is 0 Å². The van der Waals surface area contributed by atoms with Gasteiger partial charge in [0.2, 0.25) is 0 Å². The second kappa shape index (κ2) is 5.19. The molecule has 2 rings (SSSR count). The Kier molecular flexibility index (Phi) is 3.62. The van der Waals surface area contributed by atoms with Crippen LogP contribution in [0.2, 0.25) is 0 Å². The number of halogens is 1. The molecule has 0 aliphatic rings. The minimum absolute atomic E-state index is 0.0256. The minimum atomic E-state index is -0.553. The average Bonchev–Trinajstić information content (AvgIpc) is 2.36. The van der Waals surface area contributed by atoms with Gasteiger partial charge in [0.1, 0.15) is 0 Å². The van der Waals surface area contributed by atoms with Crippen molar-refractivity contribution in [1.82, 2.24) is 0 Å². The molecule has 0 bridgehead atoms. The Bertz CT molecular complexity index is 644. The number of hydrogen-bond acceptors (Lipinski definition) is 4. The van der Waals surface area contributed by atoms with E-state index in [1.807, 2.05) is 0 Å². The molecule has 98 valence electrons. The number of aromatic hydroxyl groups is 2. The lowest BCUT2D eigenvalue weighted by Gasteiger charge is -2.10. The zero-order valence-corrected chi connectivity index (χ0v) is 11.3. The number of phenolic OH excluding ortho intramolecular Hbond substituents is 2. The maximum Gasteiger partial charge on any atom is 0.259 e. The highest BCUT2D eigenvalue weighted by Crippen LogP contribution is 2.30. The number of nitrogen functional groups attached to an aromatic ring is 1. The molecule has 1 amide bonds. The van der Waals surface area contributed by atoms with Crippen LogP contribution in [-0.4, -0.2) is 16.1 Å². The summed E-state index contributed by atoms with van der Waals surface area (Å²) in [6.07, 6.45) is 0. The largest absolute Gasteiger partial charge is 0.504 e. The van der Waals surface area contributed by atoms with Gasteiger partial charge in [-0.25, -0.2) is 0 Å². The first kappa shape index (κ1) is 13.2. The van der Waals surface area contributed by atoms with Crippen LogP contribution in [0.15, 0.2) is 40.9 Å². The van der Waals surface area contributed by atoms with Crippen LogP contribution < -0.4 is 11.1 Å². The third-order valence-electron chi connectivity index (χ3n) is 2.52. The SMILES string of the molecule is Nc1cc(Br)ccc1NC(=O)c1cccc(O)c1O. The van der Waals surface area contributed by atoms with Crippen molar-refractivity contribution in [3.8, 4) is 11.5 Å². The highest BCUT2D eigenvalue weighted by Gasteiger charge is 2.14. The summed E-state index contributed by atoms with van der Waals surface area (Å²) in [5, 5.41) is 21.5. The number of rotatable bonds is 2. The van der Waals surface area contributed by atoms with Gasteiger partial charge in [0, 0.05) is 4.47 Å². The van der Waals surface area contributed by atoms with Crippen LogP contribution in [0.5, 0.6) is 11.5 Å². The van der Waals surface area contributed by atoms with E-state index in [0.29, 0.717) is 11.4 Å². The van der Waals surface area contributed by atoms with Gasteiger partial charge in [-0.1, -0.05) is 22.0 Å². The first-order chi connectivity index (χ1) is 8.99. The third-order valence-corrected chi connectivity index (χ3v) is 3.01. The van der Waals surface area contributed by atoms with Crippen LogP contribution in [-0.2, 0) is 0 Å². The smallest absolute Gasteiger partial charge is 0.259 e. The Hall–Kier alpha value is -2.21. The molecule has 0 fully saturated rings. The molecular formula is C13H11BrN2O3. The lowest BCUT2D eigenvalue weighted by molar-refractivity contribution is 0.102. The Morgan fingerprint density at radius 1 is 1.21 bits per heavy atom. The monoisotopic (exact) mass is 322 g/mol. The Labute approximate surface area is 117 Å². The van der Waals surface area contributed by atoms with E-state index in [1.54, 1.807) is 18.2 Å². The van der Waals surface area contributed by atoms with Gasteiger partial charge in [0.15, 0.2) is 11.5 Å². The molecule has 19 heavy (non-hydrogen) atoms. The first-order valence-corrected chi connectivity index (χ1v) is 6.15. The molecule has 0 radical (unpaired) electrons. The number of benzene rings is 2. The van der Waals surface area contributed by atoms with Crippen molar-refractivity contribution in [2.45, 2.75) is 0 Å². The van der Waals surface area contributed by atoms with E-state index in [-0.39, 0.29) is 11.3 Å². The zero-order chi connectivity index (χ0) is 14.0. The zero-order valence-electron chi connectivity index (χ0n) is 9.72. The minimum Gasteiger partial charge on any atom is -0.504 e. The van der Waals surface area contributed by atoms with E-state index in [9.17, 15) is 15.0 Å². The normalized spacial score (nSPS) is 10.2. The predicted octanol–water partition coefficient (Wildman–Crippen LogP) is 2.69. The lowest BCUT2D eigenvalue weighted by atomic mass is 10.1. The van der Waals surface area contributed by atoms with Crippen molar-refractivity contribution >= 4 is 33.2 Å². The number of para-hydroxylation sites is 1. The van der Waals surface area contributed by atoms with Crippen molar-refractivity contribution < 1.29 is 15.0 Å². The fourth-order valence-corrected chi connectivity index (χ4v) is 1.93. The van der Waals surface area contributed by atoms with E-state index in [0.717, 1.165) is 4.47 Å². The molecule has 0 aromatic heterocycles. The second-order valence-corrected chi connectivity index (χ2v) is 4.77. The summed E-state index contributed by atoms with van der Waals surface area (Å²) in [6.45, 7) is 0. The van der Waals surface area contributed by atoms with Gasteiger partial charge in [-0.15, -0.1) is 0 Å². The Morgan fingerprint density at radius 2 is 1.95 bits per heavy atom. The average molecular weight is 323 g/mol. The molecule has 0 saturated heterocycles. The second-order valence-electron chi connectivity index (χ2n) is 3.86. The number of carbonyl (C=O) groups excluding carboxylic acids is 1. The van der Waals surface area contributed by atoms with E-state index in [1.165, 1.54) is 18.2 Å². The molecule has 0 aliphatic heterocycles. The number of hydrogen-bond donors (Lipinski definition) is 4. The number of nitrogens with two attached hydrogens (primary N) is 1. The predicted molar refractivity (Wildman–Crippen MR) is 76.3 cm³/mol. The molecule has 2 aromatic rings. The summed E-state index contributed by atoms with van der Waals surface area (Å²) < 4.78 is 0.795. The first-order valence-electron chi connectivity index (χ1n) is 5.36. The molecule has 5 nitrogen and oxygen atoms in total. The van der Waals surface area contributed by atoms with Gasteiger partial charge >= 0.3 is 0 Å². The number of carbonyl (C=O) groups is 1. The maximum atomic E-state index is 12.0. The van der Waals surface area contributed by atoms with Gasteiger partial charge in [0.05, 0.1) is 16.9 Å². The van der Waals surface area contributed by atoms with Crippen molar-refractivity contribution in [2.75, 3.05) is 11.1 Å². The Balaban J connectivity index is 2.28. The number of amides is 1. The fraction of sp³-hybridized carbons (Fsp3) is 0. The van der Waals surface area contributed by atoms with Gasteiger partial charge in [-0.2, -0.15) is 0 Å². The van der Waals surface area contributed by atoms with Gasteiger partial charge in [-0.05, 0) is 30.3 Å². The topological polar surface area (TPSA) is 95.6 Å². The van der Waals surface area contributed by atoms with E-state index < -0.39 is 11.7 Å². The van der Waals surface area contributed by atoms with E-state index in [2.05, 4.69) is 21.2 Å². The van der Waals surface area contributed by atoms with Crippen LogP contribution in [0.4, 0.5) is 11.4 Å². The molecule has 2 aromatic carbocycles. The molecular weight excluding hydrogens is 312 g/mol. The summed E-state index contributed by atoms with van der Waals surface area (Å²) in [7, 11) is 0. The molecule has 0 aliphatic carbocycles. The fourth-order valence-electron chi connectivity index (χ4n) is 1.55. The number of nitrogens with one attached hydrogen (secondary N) is 1. The lowest BCUT2D eigenvalue weighted by Crippen LogP contribution is -2.13. The summed E-state index contributed by atoms with van der Waals surface area (Å²) in [4.78, 5) is 12.0. The third kappa shape index (κ3) is 2.79. The highest BCUT2D eigenvalue weighted by molar-refractivity contribution is 9.10. The number of anilines is 2. The van der Waals surface area contributed by atoms with Gasteiger partial charge < -0.3 is 21.3 Å². The quantitative estimate of drug-likeness (QED) is 0.505. The Morgan fingerprint density at radius 3 is 2.63 bits per heavy atom. The summed E-state index contributed by atoms with van der Waals surface area (Å²) in [5.74, 6) is -1.37. The van der Waals surface area contributed by atoms with Crippen LogP contribution in [0.1, 0.15) is 10.4 Å². The molecule has 6 heteroatoms. The molecule has 0 heterocycles. The van der Waals surface area contributed by atoms with Crippen LogP contribution in [0.25, 0.3) is 0 Å². The summed E-state index contributed by atoms with van der Waals surface area (Å²) >= 11 is 3.26. The molecule has 5 N–H and O–H groups in total.